The van der Waals surface area contributed by atoms with Crippen LogP contribution in [0, 0.1) is 24.3 Å². The summed E-state index contributed by atoms with van der Waals surface area (Å²) in [5.41, 5.74) is 0.896. The minimum atomic E-state index is -1.39. The summed E-state index contributed by atoms with van der Waals surface area (Å²) in [6, 6.07) is 16.1. The highest BCUT2D eigenvalue weighted by molar-refractivity contribution is 7.44. The molecule has 1 N–H and O–H groups in total. The fourth-order valence-electron chi connectivity index (χ4n) is 8.20. The van der Waals surface area contributed by atoms with E-state index in [1.807, 2.05) is 30.0 Å². The monoisotopic (exact) mass is 884 g/mol. The van der Waals surface area contributed by atoms with Gasteiger partial charge in [-0.05, 0) is 122 Å². The van der Waals surface area contributed by atoms with E-state index in [0.717, 1.165) is 12.0 Å². The third-order valence-corrected chi connectivity index (χ3v) is 13.7. The van der Waals surface area contributed by atoms with Gasteiger partial charge in [0.25, 0.3) is 14.4 Å². The Kier molecular flexibility index (Phi) is 14.6. The SMILES string of the molecule is [3H]CC1(COP(OCC[N+]#[C-])N(C(C)C)C(C)C)CCN(C(=O)CCCCCNC(=O)c2ccc3c(c2)C(=O)OC32c3ccc(C)cc3Oc3cc(OC(=O)C(C)(C)C)ccc32)CC1. The first-order valence-electron chi connectivity index (χ1n) is 22.7. The summed E-state index contributed by atoms with van der Waals surface area (Å²) in [5, 5.41) is 2.96. The molecular weight excluding hydrogens is 820 g/mol. The van der Waals surface area contributed by atoms with Gasteiger partial charge in [-0.2, -0.15) is 0 Å². The van der Waals surface area contributed by atoms with Crippen molar-refractivity contribution in [2.45, 2.75) is 118 Å². The van der Waals surface area contributed by atoms with Crippen LogP contribution in [0.25, 0.3) is 4.85 Å². The van der Waals surface area contributed by atoms with Crippen molar-refractivity contribution in [2.24, 2.45) is 10.8 Å². The molecule has 3 aliphatic heterocycles. The van der Waals surface area contributed by atoms with E-state index in [-0.39, 0.29) is 48.3 Å². The molecule has 3 aromatic rings. The molecular formula is C49H63N4O9P. The van der Waals surface area contributed by atoms with Crippen molar-refractivity contribution in [2.75, 3.05) is 39.4 Å². The Labute approximate surface area is 375 Å². The fourth-order valence-corrected chi connectivity index (χ4v) is 9.91. The molecule has 3 heterocycles. The van der Waals surface area contributed by atoms with E-state index < -0.39 is 31.5 Å². The van der Waals surface area contributed by atoms with Crippen molar-refractivity contribution in [3.8, 4) is 17.2 Å². The molecule has 6 rings (SSSR count). The Morgan fingerprint density at radius 2 is 1.63 bits per heavy atom. The van der Waals surface area contributed by atoms with E-state index in [9.17, 15) is 19.2 Å². The van der Waals surface area contributed by atoms with Gasteiger partial charge in [0.1, 0.15) is 23.9 Å². The largest absolute Gasteiger partial charge is 0.456 e. The maximum absolute atomic E-state index is 13.7. The van der Waals surface area contributed by atoms with Crippen molar-refractivity contribution >= 4 is 32.3 Å². The Balaban J connectivity index is 1.01. The van der Waals surface area contributed by atoms with Crippen molar-refractivity contribution in [3.63, 3.8) is 0 Å². The molecule has 0 aromatic heterocycles. The molecule has 1 fully saturated rings. The van der Waals surface area contributed by atoms with Crippen LogP contribution in [0.4, 0.5) is 0 Å². The average molecular weight is 885 g/mol. The molecule has 338 valence electrons. The number of ether oxygens (including phenoxy) is 3. The summed E-state index contributed by atoms with van der Waals surface area (Å²) >= 11 is 0. The summed E-state index contributed by atoms with van der Waals surface area (Å²) in [7, 11) is -1.39. The van der Waals surface area contributed by atoms with Crippen LogP contribution < -0.4 is 14.8 Å². The number of likely N-dealkylation sites (tertiary alicyclic amines) is 1. The van der Waals surface area contributed by atoms with Gasteiger partial charge in [0.2, 0.25) is 12.5 Å². The Morgan fingerprint density at radius 3 is 2.30 bits per heavy atom. The van der Waals surface area contributed by atoms with Crippen molar-refractivity contribution in [1.82, 2.24) is 14.9 Å². The van der Waals surface area contributed by atoms with Crippen LogP contribution >= 0.6 is 8.53 Å². The van der Waals surface area contributed by atoms with Gasteiger partial charge in [-0.1, -0.05) is 31.5 Å². The normalized spacial score (nSPS) is 18.2. The number of esters is 2. The molecule has 1 spiro atoms. The number of benzene rings is 3. The first kappa shape index (κ1) is 46.1. The number of amides is 2. The summed E-state index contributed by atoms with van der Waals surface area (Å²) in [6.07, 6.45) is 3.88. The quantitative estimate of drug-likeness (QED) is 0.0459. The van der Waals surface area contributed by atoms with Gasteiger partial charge < -0.3 is 38.3 Å². The number of rotatable bonds is 17. The maximum Gasteiger partial charge on any atom is 0.340 e. The number of nitrogens with zero attached hydrogens (tertiary/aromatic N) is 3. The number of nitrogens with one attached hydrogen (secondary N) is 1. The van der Waals surface area contributed by atoms with E-state index in [2.05, 4.69) is 42.5 Å². The Morgan fingerprint density at radius 1 is 0.952 bits per heavy atom. The standard InChI is InChI=1S/C49H63N4O9P/c1-32(2)53(33(3)4)63(58-27-24-50-10)59-31-48(9)21-25-52(26-22-48)43(54)14-12-11-13-23-51-44(55)35-16-19-38-37(29-35)45(56)62-49(38)39-18-15-34(5)28-41(39)61-42-30-36(17-20-40(42)49)60-46(57)47(6,7)8/h15-20,28-30,32-33H,11-14,21-27,31H2,1-9H3,(H,51,55)/i9T. The summed E-state index contributed by atoms with van der Waals surface area (Å²) in [5.74, 6) is -0.00364. The van der Waals surface area contributed by atoms with E-state index in [4.69, 9.17) is 31.2 Å². The number of carbonyl (C=O) groups excluding carboxylic acids is 4. The maximum atomic E-state index is 13.7. The highest BCUT2D eigenvalue weighted by Gasteiger charge is 2.54. The molecule has 3 aliphatic rings. The number of fused-ring (bicyclic) bond motifs is 6. The number of aryl methyl sites for hydroxylation is 1. The predicted molar refractivity (Wildman–Crippen MR) is 242 cm³/mol. The zero-order valence-electron chi connectivity index (χ0n) is 39.0. The third-order valence-electron chi connectivity index (χ3n) is 11.7. The average Bonchev–Trinajstić information content (AvgIpc) is 3.54. The first-order chi connectivity index (χ1) is 30.4. The third kappa shape index (κ3) is 10.7. The van der Waals surface area contributed by atoms with Crippen LogP contribution in [0.5, 0.6) is 17.2 Å². The number of unbranched alkanes of at least 4 members (excludes halogenated alkanes) is 2. The highest BCUT2D eigenvalue weighted by atomic mass is 31.2. The van der Waals surface area contributed by atoms with Crippen LogP contribution in [0.1, 0.15) is 138 Å². The molecule has 63 heavy (non-hydrogen) atoms. The van der Waals surface area contributed by atoms with E-state index in [1.54, 1.807) is 57.2 Å². The zero-order chi connectivity index (χ0) is 46.4. The predicted octanol–water partition coefficient (Wildman–Crippen LogP) is 9.73. The first-order valence-corrected chi connectivity index (χ1v) is 23.1. The van der Waals surface area contributed by atoms with Gasteiger partial charge in [-0.25, -0.2) is 16.0 Å². The lowest BCUT2D eigenvalue weighted by Gasteiger charge is -2.41. The van der Waals surface area contributed by atoms with Crippen molar-refractivity contribution in [3.05, 3.63) is 99.4 Å². The zero-order valence-corrected chi connectivity index (χ0v) is 38.9. The van der Waals surface area contributed by atoms with Crippen LogP contribution in [0.3, 0.4) is 0 Å². The topological polar surface area (TPSA) is 137 Å². The molecule has 2 unspecified atom stereocenters. The van der Waals surface area contributed by atoms with Crippen molar-refractivity contribution in [1.29, 1.82) is 0 Å². The van der Waals surface area contributed by atoms with Gasteiger partial charge in [-0.3, -0.25) is 14.4 Å². The second kappa shape index (κ2) is 19.9. The van der Waals surface area contributed by atoms with Crippen LogP contribution in [0.15, 0.2) is 54.6 Å². The number of carbonyl (C=O) groups is 4. The van der Waals surface area contributed by atoms with Gasteiger partial charge in [0.15, 0.2) is 5.60 Å². The van der Waals surface area contributed by atoms with Crippen LogP contribution in [0.2, 0.25) is 0 Å². The van der Waals surface area contributed by atoms with Crippen molar-refractivity contribution < 1.29 is 43.8 Å². The van der Waals surface area contributed by atoms with Gasteiger partial charge >= 0.3 is 11.9 Å². The minimum absolute atomic E-state index is 0.0937. The van der Waals surface area contributed by atoms with E-state index in [0.29, 0.717) is 104 Å². The molecule has 2 amide bonds. The Bertz CT molecular complexity index is 2240. The lowest BCUT2D eigenvalue weighted by atomic mass is 9.77. The molecule has 0 bridgehead atoms. The highest BCUT2D eigenvalue weighted by Crippen LogP contribution is 2.57. The lowest BCUT2D eigenvalue weighted by molar-refractivity contribution is -0.143. The molecule has 0 aliphatic carbocycles. The molecule has 14 heteroatoms. The molecule has 13 nitrogen and oxygen atoms in total. The number of hydrogen-bond donors (Lipinski definition) is 1. The van der Waals surface area contributed by atoms with Gasteiger partial charge in [0.05, 0.1) is 17.6 Å². The smallest absolute Gasteiger partial charge is 0.340 e. The lowest BCUT2D eigenvalue weighted by Crippen LogP contribution is -2.44. The van der Waals surface area contributed by atoms with Crippen LogP contribution in [-0.2, 0) is 29.0 Å². The molecule has 3 aromatic carbocycles. The second-order valence-electron chi connectivity index (χ2n) is 18.5. The second-order valence-corrected chi connectivity index (χ2v) is 19.9. The van der Waals surface area contributed by atoms with Crippen LogP contribution in [-0.4, -0.2) is 84.8 Å². The summed E-state index contributed by atoms with van der Waals surface area (Å²) in [4.78, 5) is 58.3. The van der Waals surface area contributed by atoms with Gasteiger partial charge in [0, 0.05) is 67.8 Å². The summed E-state index contributed by atoms with van der Waals surface area (Å²) in [6.45, 7) is 25.5. The number of hydrogen-bond acceptors (Lipinski definition) is 10. The molecule has 1 saturated heterocycles. The van der Waals surface area contributed by atoms with E-state index in [1.165, 1.54) is 0 Å². The minimum Gasteiger partial charge on any atom is -0.456 e. The number of piperidine rings is 1. The summed E-state index contributed by atoms with van der Waals surface area (Å²) < 4.78 is 41.4. The van der Waals surface area contributed by atoms with Gasteiger partial charge in [-0.15, -0.1) is 0 Å². The molecule has 2 atom stereocenters. The fraction of sp³-hybridized carbons (Fsp3) is 0.531. The molecule has 0 radical (unpaired) electrons. The Hall–Kier alpha value is -4.86. The van der Waals surface area contributed by atoms with E-state index >= 15 is 0 Å². The molecule has 0 saturated carbocycles.